The van der Waals surface area contributed by atoms with E-state index in [0.29, 0.717) is 19.3 Å². The number of aliphatic carboxylic acids is 1. The Bertz CT molecular complexity index is 854. The number of quaternary nitrogens is 1. The minimum Gasteiger partial charge on any atom is -0.477 e. The van der Waals surface area contributed by atoms with E-state index in [-0.39, 0.29) is 36.2 Å². The van der Waals surface area contributed by atoms with Crippen LogP contribution in [-0.4, -0.2) is 80.6 Å². The zero-order valence-electron chi connectivity index (χ0n) is 34.1. The molecule has 0 aromatic carbocycles. The van der Waals surface area contributed by atoms with Gasteiger partial charge in [-0.15, -0.1) is 0 Å². The number of ether oxygens (including phenoxy) is 3. The summed E-state index contributed by atoms with van der Waals surface area (Å²) in [4.78, 5) is 36.8. The topological polar surface area (TPSA) is 99.1 Å². The standard InChI is InChI=1S/C43H81NO7/c1-6-8-10-12-14-16-17-18-19-20-21-22-23-24-26-27-29-31-33-41(45)50-38-39(37-49-36-35-40(43(47)48)44(3,4)5)51-42(46)34-32-30-28-25-15-13-11-9-7-2/h21-22,39-40H,6-20,23-38H2,1-5H3/p+1/b22-21+. The Kier molecular flexibility index (Phi) is 33.8. The Labute approximate surface area is 314 Å². The number of hydrogen-bond acceptors (Lipinski definition) is 6. The normalized spacial score (nSPS) is 13.0. The molecule has 0 amide bonds. The number of carboxylic acid groups (broad SMARTS) is 1. The maximum atomic E-state index is 12.6. The molecule has 1 N–H and O–H groups in total. The number of allylic oxidation sites excluding steroid dienone is 2. The van der Waals surface area contributed by atoms with Crippen molar-refractivity contribution in [2.75, 3.05) is 41.0 Å². The summed E-state index contributed by atoms with van der Waals surface area (Å²) in [5.41, 5.74) is 0. The van der Waals surface area contributed by atoms with Crippen LogP contribution >= 0.6 is 0 Å². The van der Waals surface area contributed by atoms with Crippen molar-refractivity contribution in [1.29, 1.82) is 0 Å². The van der Waals surface area contributed by atoms with Crippen LogP contribution in [0.15, 0.2) is 12.2 Å². The van der Waals surface area contributed by atoms with E-state index >= 15 is 0 Å². The molecule has 2 atom stereocenters. The van der Waals surface area contributed by atoms with E-state index in [0.717, 1.165) is 44.9 Å². The van der Waals surface area contributed by atoms with E-state index in [1.54, 1.807) is 0 Å². The molecule has 51 heavy (non-hydrogen) atoms. The van der Waals surface area contributed by atoms with Gasteiger partial charge in [-0.05, 0) is 38.5 Å². The Morgan fingerprint density at radius 2 is 0.980 bits per heavy atom. The molecule has 8 heteroatoms. The van der Waals surface area contributed by atoms with Crippen molar-refractivity contribution in [2.45, 2.75) is 206 Å². The van der Waals surface area contributed by atoms with E-state index in [9.17, 15) is 19.5 Å². The summed E-state index contributed by atoms with van der Waals surface area (Å²) < 4.78 is 17.2. The van der Waals surface area contributed by atoms with Crippen LogP contribution in [0.2, 0.25) is 0 Å². The second-order valence-electron chi connectivity index (χ2n) is 15.6. The van der Waals surface area contributed by atoms with Gasteiger partial charge in [0.1, 0.15) is 6.61 Å². The van der Waals surface area contributed by atoms with Gasteiger partial charge in [0.05, 0.1) is 34.4 Å². The average Bonchev–Trinajstić information content (AvgIpc) is 3.08. The van der Waals surface area contributed by atoms with Crippen molar-refractivity contribution in [3.05, 3.63) is 12.2 Å². The number of carboxylic acids is 1. The largest absolute Gasteiger partial charge is 0.477 e. The van der Waals surface area contributed by atoms with Crippen LogP contribution in [0, 0.1) is 0 Å². The quantitative estimate of drug-likeness (QED) is 0.0293. The van der Waals surface area contributed by atoms with Gasteiger partial charge in [-0.2, -0.15) is 0 Å². The third-order valence-corrected chi connectivity index (χ3v) is 9.66. The SMILES string of the molecule is CCCCCCCCCCC/C=C/CCCCCCCC(=O)OCC(COCCC(C(=O)O)[N+](C)(C)C)OC(=O)CCCCCCCCCCC. The number of unbranched alkanes of at least 4 members (excludes halogenated alkanes) is 22. The molecule has 0 bridgehead atoms. The van der Waals surface area contributed by atoms with Gasteiger partial charge in [0.15, 0.2) is 12.1 Å². The molecule has 0 aliphatic carbocycles. The zero-order chi connectivity index (χ0) is 37.8. The summed E-state index contributed by atoms with van der Waals surface area (Å²) in [6, 6.07) is -0.610. The predicted molar refractivity (Wildman–Crippen MR) is 211 cm³/mol. The van der Waals surface area contributed by atoms with Crippen molar-refractivity contribution in [3.8, 4) is 0 Å². The molecule has 2 unspecified atom stereocenters. The van der Waals surface area contributed by atoms with Gasteiger partial charge in [0, 0.05) is 19.3 Å². The van der Waals surface area contributed by atoms with Crippen molar-refractivity contribution in [2.24, 2.45) is 0 Å². The first-order chi connectivity index (χ1) is 24.6. The summed E-state index contributed by atoms with van der Waals surface area (Å²) in [6.07, 6.45) is 35.4. The van der Waals surface area contributed by atoms with E-state index in [1.165, 1.54) is 116 Å². The van der Waals surface area contributed by atoms with Crippen LogP contribution in [0.5, 0.6) is 0 Å². The molecule has 0 saturated heterocycles. The zero-order valence-corrected chi connectivity index (χ0v) is 34.1. The lowest BCUT2D eigenvalue weighted by atomic mass is 10.1. The fourth-order valence-electron chi connectivity index (χ4n) is 6.32. The van der Waals surface area contributed by atoms with Gasteiger partial charge < -0.3 is 23.8 Å². The lowest BCUT2D eigenvalue weighted by Gasteiger charge is -2.31. The second-order valence-corrected chi connectivity index (χ2v) is 15.6. The molecule has 0 fully saturated rings. The minimum absolute atomic E-state index is 0.0502. The highest BCUT2D eigenvalue weighted by atomic mass is 16.6. The summed E-state index contributed by atoms with van der Waals surface area (Å²) in [6.45, 7) is 4.72. The summed E-state index contributed by atoms with van der Waals surface area (Å²) in [7, 11) is 5.52. The summed E-state index contributed by atoms with van der Waals surface area (Å²) >= 11 is 0. The highest BCUT2D eigenvalue weighted by molar-refractivity contribution is 5.72. The second kappa shape index (κ2) is 35.1. The molecular formula is C43H82NO7+. The van der Waals surface area contributed by atoms with Crippen LogP contribution < -0.4 is 0 Å². The molecule has 0 heterocycles. The first-order valence-electron chi connectivity index (χ1n) is 21.2. The molecule has 0 radical (unpaired) electrons. The monoisotopic (exact) mass is 725 g/mol. The van der Waals surface area contributed by atoms with Crippen LogP contribution in [0.4, 0.5) is 0 Å². The minimum atomic E-state index is -0.875. The fraction of sp³-hybridized carbons (Fsp3) is 0.884. The molecule has 0 aromatic heterocycles. The number of carbonyl (C=O) groups is 3. The molecule has 300 valence electrons. The van der Waals surface area contributed by atoms with Gasteiger partial charge in [-0.1, -0.05) is 148 Å². The molecule has 0 aromatic rings. The lowest BCUT2D eigenvalue weighted by Crippen LogP contribution is -2.50. The fourth-order valence-corrected chi connectivity index (χ4v) is 6.32. The van der Waals surface area contributed by atoms with Crippen LogP contribution in [0.1, 0.15) is 194 Å². The van der Waals surface area contributed by atoms with E-state index < -0.39 is 18.1 Å². The molecular weight excluding hydrogens is 642 g/mol. The van der Waals surface area contributed by atoms with Crippen LogP contribution in [0.3, 0.4) is 0 Å². The Hall–Kier alpha value is -1.93. The smallest absolute Gasteiger partial charge is 0.362 e. The van der Waals surface area contributed by atoms with Crippen molar-refractivity contribution >= 4 is 17.9 Å². The number of nitrogens with zero attached hydrogens (tertiary/aromatic N) is 1. The van der Waals surface area contributed by atoms with Crippen LogP contribution in [-0.2, 0) is 28.6 Å². The first-order valence-corrected chi connectivity index (χ1v) is 21.2. The molecule has 0 saturated carbocycles. The first kappa shape index (κ1) is 49.1. The third kappa shape index (κ3) is 33.6. The molecule has 8 nitrogen and oxygen atoms in total. The maximum absolute atomic E-state index is 12.6. The van der Waals surface area contributed by atoms with E-state index in [1.807, 2.05) is 21.1 Å². The van der Waals surface area contributed by atoms with Gasteiger partial charge in [-0.25, -0.2) is 4.79 Å². The molecule has 0 spiro atoms. The van der Waals surface area contributed by atoms with Gasteiger partial charge >= 0.3 is 17.9 Å². The predicted octanol–water partition coefficient (Wildman–Crippen LogP) is 11.1. The molecule has 0 rings (SSSR count). The van der Waals surface area contributed by atoms with Gasteiger partial charge in [0.25, 0.3) is 0 Å². The van der Waals surface area contributed by atoms with Crippen LogP contribution in [0.25, 0.3) is 0 Å². The number of rotatable bonds is 38. The maximum Gasteiger partial charge on any atom is 0.362 e. The summed E-state index contributed by atoms with van der Waals surface area (Å²) in [5, 5.41) is 9.59. The molecule has 0 aliphatic rings. The van der Waals surface area contributed by atoms with E-state index in [2.05, 4.69) is 26.0 Å². The lowest BCUT2D eigenvalue weighted by molar-refractivity contribution is -0.887. The number of likely N-dealkylation sites (N-methyl/N-ethyl adjacent to an activating group) is 1. The van der Waals surface area contributed by atoms with Crippen molar-refractivity contribution in [3.63, 3.8) is 0 Å². The number of carbonyl (C=O) groups excluding carboxylic acids is 2. The van der Waals surface area contributed by atoms with Gasteiger partial charge in [0.2, 0.25) is 0 Å². The number of esters is 2. The Morgan fingerprint density at radius 1 is 0.569 bits per heavy atom. The van der Waals surface area contributed by atoms with Gasteiger partial charge in [-0.3, -0.25) is 9.59 Å². The Balaban J connectivity index is 4.27. The average molecular weight is 725 g/mol. The van der Waals surface area contributed by atoms with Crippen molar-refractivity contribution in [1.82, 2.24) is 0 Å². The highest BCUT2D eigenvalue weighted by Crippen LogP contribution is 2.14. The Morgan fingerprint density at radius 3 is 1.41 bits per heavy atom. The highest BCUT2D eigenvalue weighted by Gasteiger charge is 2.31. The van der Waals surface area contributed by atoms with E-state index in [4.69, 9.17) is 14.2 Å². The third-order valence-electron chi connectivity index (χ3n) is 9.66. The van der Waals surface area contributed by atoms with Crippen molar-refractivity contribution < 1.29 is 38.2 Å². The number of hydrogen-bond donors (Lipinski definition) is 1. The molecule has 0 aliphatic heterocycles. The summed E-state index contributed by atoms with van der Waals surface area (Å²) in [5.74, 6) is -1.47.